The van der Waals surface area contributed by atoms with Crippen LogP contribution in [0.2, 0.25) is 10.0 Å². The van der Waals surface area contributed by atoms with Crippen LogP contribution in [0.25, 0.3) is 0 Å². The smallest absolute Gasteiger partial charge is 0.249 e. The van der Waals surface area contributed by atoms with E-state index in [0.717, 1.165) is 0 Å². The molecule has 144 valence electrons. The molecule has 0 spiro atoms. The van der Waals surface area contributed by atoms with E-state index in [9.17, 15) is 9.59 Å². The first kappa shape index (κ1) is 19.9. The van der Waals surface area contributed by atoms with Crippen molar-refractivity contribution in [3.8, 4) is 0 Å². The molecule has 9 heteroatoms. The molecule has 0 aliphatic carbocycles. The summed E-state index contributed by atoms with van der Waals surface area (Å²) in [5.41, 5.74) is 1.91. The highest BCUT2D eigenvalue weighted by atomic mass is 35.5. The largest absolute Gasteiger partial charge is 0.326 e. The molecule has 1 unspecified atom stereocenters. The van der Waals surface area contributed by atoms with Crippen LogP contribution in [0.4, 0.5) is 11.4 Å². The molecule has 28 heavy (non-hydrogen) atoms. The van der Waals surface area contributed by atoms with E-state index in [1.54, 1.807) is 49.4 Å². The van der Waals surface area contributed by atoms with Gasteiger partial charge in [-0.25, -0.2) is 9.67 Å². The zero-order valence-electron chi connectivity index (χ0n) is 14.9. The summed E-state index contributed by atoms with van der Waals surface area (Å²) >= 11 is 12.0. The van der Waals surface area contributed by atoms with Gasteiger partial charge in [0.2, 0.25) is 11.8 Å². The molecule has 0 saturated heterocycles. The van der Waals surface area contributed by atoms with Gasteiger partial charge in [-0.1, -0.05) is 29.3 Å². The SMILES string of the molecule is CC(C(=O)Nc1ccc(NC(=O)Cc2ccc(Cl)cc2Cl)cc1)n1cncn1. The third-order valence-electron chi connectivity index (χ3n) is 4.02. The van der Waals surface area contributed by atoms with Crippen LogP contribution < -0.4 is 10.6 Å². The van der Waals surface area contributed by atoms with Gasteiger partial charge in [0.05, 0.1) is 6.42 Å². The van der Waals surface area contributed by atoms with Crippen LogP contribution in [-0.4, -0.2) is 26.6 Å². The standard InChI is InChI=1S/C19H17Cl2N5O2/c1-12(26-11-22-10-23-26)19(28)25-16-6-4-15(5-7-16)24-18(27)8-13-2-3-14(20)9-17(13)21/h2-7,9-12H,8H2,1H3,(H,24,27)(H,25,28). The normalized spacial score (nSPS) is 11.7. The number of nitrogens with one attached hydrogen (secondary N) is 2. The zero-order chi connectivity index (χ0) is 20.1. The van der Waals surface area contributed by atoms with Gasteiger partial charge in [0.15, 0.2) is 0 Å². The van der Waals surface area contributed by atoms with Crippen molar-refractivity contribution in [2.24, 2.45) is 0 Å². The van der Waals surface area contributed by atoms with Crippen LogP contribution >= 0.6 is 23.2 Å². The van der Waals surface area contributed by atoms with Crippen molar-refractivity contribution in [1.29, 1.82) is 0 Å². The first-order valence-corrected chi connectivity index (χ1v) is 9.17. The molecule has 2 aromatic carbocycles. The summed E-state index contributed by atoms with van der Waals surface area (Å²) in [6.07, 6.45) is 2.98. The average molecular weight is 418 g/mol. The van der Waals surface area contributed by atoms with E-state index in [1.165, 1.54) is 17.3 Å². The van der Waals surface area contributed by atoms with E-state index in [4.69, 9.17) is 23.2 Å². The number of aromatic nitrogens is 3. The summed E-state index contributed by atoms with van der Waals surface area (Å²) in [6, 6.07) is 11.3. The Kier molecular flexibility index (Phi) is 6.28. The van der Waals surface area contributed by atoms with Crippen molar-refractivity contribution in [3.05, 3.63) is 70.7 Å². The molecule has 0 fully saturated rings. The quantitative estimate of drug-likeness (QED) is 0.634. The highest BCUT2D eigenvalue weighted by Gasteiger charge is 2.15. The Morgan fingerprint density at radius 3 is 2.36 bits per heavy atom. The van der Waals surface area contributed by atoms with Crippen LogP contribution in [0.1, 0.15) is 18.5 Å². The van der Waals surface area contributed by atoms with Crippen molar-refractivity contribution >= 4 is 46.4 Å². The molecule has 0 saturated carbocycles. The maximum atomic E-state index is 12.2. The van der Waals surface area contributed by atoms with Crippen molar-refractivity contribution in [2.45, 2.75) is 19.4 Å². The van der Waals surface area contributed by atoms with E-state index in [0.29, 0.717) is 27.0 Å². The number of hydrogen-bond donors (Lipinski definition) is 2. The van der Waals surface area contributed by atoms with E-state index in [1.807, 2.05) is 0 Å². The lowest BCUT2D eigenvalue weighted by atomic mass is 10.1. The van der Waals surface area contributed by atoms with Crippen LogP contribution in [0.3, 0.4) is 0 Å². The molecular weight excluding hydrogens is 401 g/mol. The first-order valence-electron chi connectivity index (χ1n) is 8.41. The molecule has 3 aromatic rings. The van der Waals surface area contributed by atoms with Gasteiger partial charge in [-0.3, -0.25) is 9.59 Å². The lowest BCUT2D eigenvalue weighted by molar-refractivity contribution is -0.119. The molecule has 1 atom stereocenters. The van der Waals surface area contributed by atoms with E-state index in [-0.39, 0.29) is 18.2 Å². The second-order valence-electron chi connectivity index (χ2n) is 6.08. The minimum Gasteiger partial charge on any atom is -0.326 e. The van der Waals surface area contributed by atoms with E-state index < -0.39 is 6.04 Å². The summed E-state index contributed by atoms with van der Waals surface area (Å²) in [5.74, 6) is -0.430. The Morgan fingerprint density at radius 2 is 1.75 bits per heavy atom. The van der Waals surface area contributed by atoms with Gasteiger partial charge in [0, 0.05) is 21.4 Å². The van der Waals surface area contributed by atoms with Gasteiger partial charge in [-0.2, -0.15) is 5.10 Å². The van der Waals surface area contributed by atoms with Gasteiger partial charge in [0.1, 0.15) is 18.7 Å². The first-order chi connectivity index (χ1) is 13.4. The van der Waals surface area contributed by atoms with Gasteiger partial charge >= 0.3 is 0 Å². The number of halogens is 2. The Labute approximate surface area is 171 Å². The molecular formula is C19H17Cl2N5O2. The molecule has 0 aliphatic rings. The highest BCUT2D eigenvalue weighted by molar-refractivity contribution is 6.35. The lowest BCUT2D eigenvalue weighted by Crippen LogP contribution is -2.24. The maximum absolute atomic E-state index is 12.2. The van der Waals surface area contributed by atoms with Crippen LogP contribution in [-0.2, 0) is 16.0 Å². The minimum atomic E-state index is -0.494. The Hall–Kier alpha value is -2.90. The number of carbonyl (C=O) groups excluding carboxylic acids is 2. The molecule has 0 radical (unpaired) electrons. The molecule has 1 heterocycles. The Balaban J connectivity index is 1.56. The summed E-state index contributed by atoms with van der Waals surface area (Å²) < 4.78 is 1.46. The van der Waals surface area contributed by atoms with Crippen LogP contribution in [0.15, 0.2) is 55.1 Å². The fraction of sp³-hybridized carbons (Fsp3) is 0.158. The number of carbonyl (C=O) groups is 2. The molecule has 7 nitrogen and oxygen atoms in total. The lowest BCUT2D eigenvalue weighted by Gasteiger charge is -2.12. The highest BCUT2D eigenvalue weighted by Crippen LogP contribution is 2.22. The molecule has 2 N–H and O–H groups in total. The van der Waals surface area contributed by atoms with Gasteiger partial charge < -0.3 is 10.6 Å². The number of rotatable bonds is 6. The predicted octanol–water partition coefficient (Wildman–Crippen LogP) is 3.97. The Morgan fingerprint density at radius 1 is 1.07 bits per heavy atom. The van der Waals surface area contributed by atoms with Crippen molar-refractivity contribution in [3.63, 3.8) is 0 Å². The van der Waals surface area contributed by atoms with Crippen molar-refractivity contribution in [1.82, 2.24) is 14.8 Å². The maximum Gasteiger partial charge on any atom is 0.249 e. The van der Waals surface area contributed by atoms with E-state index in [2.05, 4.69) is 20.7 Å². The average Bonchev–Trinajstić information content (AvgIpc) is 3.19. The molecule has 2 amide bonds. The molecule has 0 bridgehead atoms. The molecule has 1 aromatic heterocycles. The molecule has 0 aliphatic heterocycles. The summed E-state index contributed by atoms with van der Waals surface area (Å²) in [7, 11) is 0. The van der Waals surface area contributed by atoms with Crippen LogP contribution in [0, 0.1) is 0 Å². The van der Waals surface area contributed by atoms with Crippen molar-refractivity contribution in [2.75, 3.05) is 10.6 Å². The van der Waals surface area contributed by atoms with Gasteiger partial charge in [-0.15, -0.1) is 0 Å². The monoisotopic (exact) mass is 417 g/mol. The number of amides is 2. The number of anilines is 2. The Bertz CT molecular complexity index is 974. The zero-order valence-corrected chi connectivity index (χ0v) is 16.4. The molecule has 3 rings (SSSR count). The van der Waals surface area contributed by atoms with E-state index >= 15 is 0 Å². The van der Waals surface area contributed by atoms with Gasteiger partial charge in [0.25, 0.3) is 0 Å². The topological polar surface area (TPSA) is 88.9 Å². The summed E-state index contributed by atoms with van der Waals surface area (Å²) in [4.78, 5) is 28.3. The second kappa shape index (κ2) is 8.86. The number of nitrogens with zero attached hydrogens (tertiary/aromatic N) is 3. The second-order valence-corrected chi connectivity index (χ2v) is 6.92. The minimum absolute atomic E-state index is 0.129. The third kappa shape index (κ3) is 5.09. The summed E-state index contributed by atoms with van der Waals surface area (Å²) in [6.45, 7) is 1.72. The van der Waals surface area contributed by atoms with Gasteiger partial charge in [-0.05, 0) is 48.9 Å². The summed E-state index contributed by atoms with van der Waals surface area (Å²) in [5, 5.41) is 10.5. The fourth-order valence-corrected chi connectivity index (χ4v) is 2.94. The fourth-order valence-electron chi connectivity index (χ4n) is 2.46. The van der Waals surface area contributed by atoms with Crippen molar-refractivity contribution < 1.29 is 9.59 Å². The predicted molar refractivity (Wildman–Crippen MR) is 109 cm³/mol. The number of benzene rings is 2. The van der Waals surface area contributed by atoms with Crippen LogP contribution in [0.5, 0.6) is 0 Å². The third-order valence-corrected chi connectivity index (χ3v) is 4.60. The number of hydrogen-bond acceptors (Lipinski definition) is 4.